The minimum atomic E-state index is -0.753. The molecule has 4 atom stereocenters. The van der Waals surface area contributed by atoms with Crippen LogP contribution in [0.3, 0.4) is 0 Å². The molecule has 1 saturated carbocycles. The molecule has 0 heterocycles. The Morgan fingerprint density at radius 2 is 1.84 bits per heavy atom. The molecule has 2 rings (SSSR count). The monoisotopic (exact) mass is 264 g/mol. The minimum absolute atomic E-state index is 0.0542. The molecule has 3 N–H and O–H groups in total. The SMILES string of the molecule is C[C@@](CO)([C@@H]1CCCC[C@H]1O)[C@@H](O)c1ccccc1. The Balaban J connectivity index is 2.25. The molecule has 1 aromatic carbocycles. The third-order valence-corrected chi connectivity index (χ3v) is 4.66. The molecule has 1 fully saturated rings. The topological polar surface area (TPSA) is 60.7 Å². The molecule has 0 radical (unpaired) electrons. The van der Waals surface area contributed by atoms with Crippen LogP contribution in [0.2, 0.25) is 0 Å². The molecule has 19 heavy (non-hydrogen) atoms. The van der Waals surface area contributed by atoms with Gasteiger partial charge in [0.15, 0.2) is 0 Å². The zero-order valence-corrected chi connectivity index (χ0v) is 11.5. The third kappa shape index (κ3) is 2.83. The smallest absolute Gasteiger partial charge is 0.0869 e. The van der Waals surface area contributed by atoms with E-state index in [-0.39, 0.29) is 12.5 Å². The van der Waals surface area contributed by atoms with E-state index in [1.807, 2.05) is 37.3 Å². The van der Waals surface area contributed by atoms with Gasteiger partial charge in [-0.15, -0.1) is 0 Å². The second-order valence-corrected chi connectivity index (χ2v) is 5.94. The Morgan fingerprint density at radius 1 is 1.21 bits per heavy atom. The van der Waals surface area contributed by atoms with Crippen molar-refractivity contribution in [2.75, 3.05) is 6.61 Å². The Morgan fingerprint density at radius 3 is 2.42 bits per heavy atom. The van der Waals surface area contributed by atoms with Crippen LogP contribution in [0.4, 0.5) is 0 Å². The highest BCUT2D eigenvalue weighted by atomic mass is 16.3. The number of aliphatic hydroxyl groups excluding tert-OH is 3. The zero-order chi connectivity index (χ0) is 13.9. The van der Waals surface area contributed by atoms with Crippen LogP contribution in [0.1, 0.15) is 44.3 Å². The van der Waals surface area contributed by atoms with E-state index in [4.69, 9.17) is 0 Å². The summed E-state index contributed by atoms with van der Waals surface area (Å²) in [4.78, 5) is 0. The number of rotatable bonds is 4. The average Bonchev–Trinajstić information content (AvgIpc) is 2.47. The quantitative estimate of drug-likeness (QED) is 0.782. The van der Waals surface area contributed by atoms with Crippen molar-refractivity contribution in [1.29, 1.82) is 0 Å². The zero-order valence-electron chi connectivity index (χ0n) is 11.5. The van der Waals surface area contributed by atoms with Gasteiger partial charge in [0.25, 0.3) is 0 Å². The van der Waals surface area contributed by atoms with Crippen LogP contribution in [0.15, 0.2) is 30.3 Å². The summed E-state index contributed by atoms with van der Waals surface area (Å²) in [6.07, 6.45) is 2.53. The molecular formula is C16H24O3. The maximum absolute atomic E-state index is 10.6. The van der Waals surface area contributed by atoms with Crippen LogP contribution in [0.25, 0.3) is 0 Å². The van der Waals surface area contributed by atoms with Crippen LogP contribution < -0.4 is 0 Å². The Hall–Kier alpha value is -0.900. The van der Waals surface area contributed by atoms with Gasteiger partial charge in [-0.2, -0.15) is 0 Å². The lowest BCUT2D eigenvalue weighted by molar-refractivity contribution is -0.101. The fourth-order valence-corrected chi connectivity index (χ4v) is 3.30. The summed E-state index contributed by atoms with van der Waals surface area (Å²) in [5.41, 5.74) is 0.109. The number of hydrogen-bond acceptors (Lipinski definition) is 3. The van der Waals surface area contributed by atoms with Gasteiger partial charge in [-0.25, -0.2) is 0 Å². The summed E-state index contributed by atoms with van der Waals surface area (Å²) in [6.45, 7) is 1.76. The molecule has 1 aliphatic carbocycles. The summed E-state index contributed by atoms with van der Waals surface area (Å²) >= 11 is 0. The summed E-state index contributed by atoms with van der Waals surface area (Å²) in [5, 5.41) is 30.7. The molecular weight excluding hydrogens is 240 g/mol. The lowest BCUT2D eigenvalue weighted by Gasteiger charge is -2.44. The first-order valence-electron chi connectivity index (χ1n) is 7.11. The molecule has 0 unspecified atom stereocenters. The highest BCUT2D eigenvalue weighted by molar-refractivity contribution is 5.20. The molecule has 0 bridgehead atoms. The maximum Gasteiger partial charge on any atom is 0.0869 e. The summed E-state index contributed by atoms with van der Waals surface area (Å²) in [7, 11) is 0. The molecule has 0 aromatic heterocycles. The average molecular weight is 264 g/mol. The number of aliphatic hydroxyl groups is 3. The molecule has 3 heteroatoms. The van der Waals surface area contributed by atoms with Crippen molar-refractivity contribution in [1.82, 2.24) is 0 Å². The third-order valence-electron chi connectivity index (χ3n) is 4.66. The van der Waals surface area contributed by atoms with Crippen LogP contribution in [0, 0.1) is 11.3 Å². The van der Waals surface area contributed by atoms with E-state index >= 15 is 0 Å². The van der Waals surface area contributed by atoms with E-state index in [1.54, 1.807) is 0 Å². The van der Waals surface area contributed by atoms with E-state index in [2.05, 4.69) is 0 Å². The minimum Gasteiger partial charge on any atom is -0.396 e. The molecule has 1 aliphatic rings. The Bertz CT molecular complexity index is 392. The fourth-order valence-electron chi connectivity index (χ4n) is 3.30. The van der Waals surface area contributed by atoms with Gasteiger partial charge in [-0.1, -0.05) is 50.1 Å². The lowest BCUT2D eigenvalue weighted by atomic mass is 9.64. The van der Waals surface area contributed by atoms with Crippen molar-refractivity contribution in [2.24, 2.45) is 11.3 Å². The Labute approximate surface area is 114 Å². The van der Waals surface area contributed by atoms with Crippen molar-refractivity contribution in [3.63, 3.8) is 0 Å². The van der Waals surface area contributed by atoms with Crippen molar-refractivity contribution < 1.29 is 15.3 Å². The first-order chi connectivity index (χ1) is 9.09. The van der Waals surface area contributed by atoms with Crippen molar-refractivity contribution in [2.45, 2.75) is 44.8 Å². The Kier molecular flexibility index (Phi) is 4.61. The predicted molar refractivity (Wildman–Crippen MR) is 74.6 cm³/mol. The molecule has 0 spiro atoms. The highest BCUT2D eigenvalue weighted by Crippen LogP contribution is 2.46. The van der Waals surface area contributed by atoms with Crippen molar-refractivity contribution >= 4 is 0 Å². The summed E-state index contributed by atoms with van der Waals surface area (Å²) in [6, 6.07) is 9.41. The summed E-state index contributed by atoms with van der Waals surface area (Å²) in [5.74, 6) is -0.0542. The van der Waals surface area contributed by atoms with Crippen LogP contribution >= 0.6 is 0 Å². The normalized spacial score (nSPS) is 28.6. The number of benzene rings is 1. The maximum atomic E-state index is 10.6. The largest absolute Gasteiger partial charge is 0.396 e. The van der Waals surface area contributed by atoms with E-state index in [9.17, 15) is 15.3 Å². The van der Waals surface area contributed by atoms with E-state index in [1.165, 1.54) is 0 Å². The van der Waals surface area contributed by atoms with Gasteiger partial charge < -0.3 is 15.3 Å². The molecule has 0 saturated heterocycles. The second-order valence-electron chi connectivity index (χ2n) is 5.94. The van der Waals surface area contributed by atoms with Gasteiger partial charge in [0.05, 0.1) is 18.8 Å². The highest BCUT2D eigenvalue weighted by Gasteiger charge is 2.44. The van der Waals surface area contributed by atoms with Gasteiger partial charge in [0.2, 0.25) is 0 Å². The summed E-state index contributed by atoms with van der Waals surface area (Å²) < 4.78 is 0. The second kappa shape index (κ2) is 6.04. The van der Waals surface area contributed by atoms with Crippen molar-refractivity contribution in [3.8, 4) is 0 Å². The number of hydrogen-bond donors (Lipinski definition) is 3. The molecule has 0 amide bonds. The fraction of sp³-hybridized carbons (Fsp3) is 0.625. The van der Waals surface area contributed by atoms with Gasteiger partial charge >= 0.3 is 0 Å². The van der Waals surface area contributed by atoms with Gasteiger partial charge in [-0.3, -0.25) is 0 Å². The van der Waals surface area contributed by atoms with Gasteiger partial charge in [0, 0.05) is 5.41 Å². The van der Waals surface area contributed by atoms with E-state index in [0.29, 0.717) is 0 Å². The van der Waals surface area contributed by atoms with Crippen molar-refractivity contribution in [3.05, 3.63) is 35.9 Å². The molecule has 1 aromatic rings. The first-order valence-corrected chi connectivity index (χ1v) is 7.11. The predicted octanol–water partition coefficient (Wildman–Crippen LogP) is 2.27. The standard InChI is InChI=1S/C16H24O3/c1-16(11-17,13-9-5-6-10-14(13)18)15(19)12-7-3-2-4-8-12/h2-4,7-8,13-15,17-19H,5-6,9-11H2,1H3/t13-,14-,15+,16-/m1/s1. The molecule has 0 aliphatic heterocycles. The molecule has 106 valence electrons. The van der Waals surface area contributed by atoms with Gasteiger partial charge in [-0.05, 0) is 24.3 Å². The van der Waals surface area contributed by atoms with E-state index < -0.39 is 17.6 Å². The van der Waals surface area contributed by atoms with E-state index in [0.717, 1.165) is 31.2 Å². The first kappa shape index (κ1) is 14.5. The lowest BCUT2D eigenvalue weighted by Crippen LogP contribution is -2.44. The van der Waals surface area contributed by atoms with Crippen LogP contribution in [0.5, 0.6) is 0 Å². The van der Waals surface area contributed by atoms with Crippen LogP contribution in [-0.2, 0) is 0 Å². The van der Waals surface area contributed by atoms with Crippen LogP contribution in [-0.4, -0.2) is 28.0 Å². The molecule has 3 nitrogen and oxygen atoms in total. The van der Waals surface area contributed by atoms with Gasteiger partial charge in [0.1, 0.15) is 0 Å².